The second-order valence-electron chi connectivity index (χ2n) is 5.76. The predicted octanol–water partition coefficient (Wildman–Crippen LogP) is 5.81. The van der Waals surface area contributed by atoms with Crippen LogP contribution in [0, 0.1) is 0 Å². The minimum absolute atomic E-state index is 0.522. The highest BCUT2D eigenvalue weighted by Gasteiger charge is 2.14. The molecule has 2 unspecified atom stereocenters. The third-order valence-electron chi connectivity index (χ3n) is 3.37. The molecule has 0 aliphatic heterocycles. The molecule has 128 valence electrons. The average Bonchev–Trinajstić information content (AvgIpc) is 2.42. The molecule has 0 fully saturated rings. The van der Waals surface area contributed by atoms with Crippen molar-refractivity contribution >= 4 is 5.97 Å². The molecular formula is C18H38O3. The normalized spacial score (nSPS) is 13.2. The Bertz CT molecular complexity index is 197. The predicted molar refractivity (Wildman–Crippen MR) is 90.8 cm³/mol. The first-order valence-corrected chi connectivity index (χ1v) is 8.86. The van der Waals surface area contributed by atoms with Gasteiger partial charge in [0.25, 0.3) is 5.97 Å². The van der Waals surface area contributed by atoms with Gasteiger partial charge in [0.1, 0.15) is 0 Å². The lowest BCUT2D eigenvalue weighted by atomic mass is 10.0. The van der Waals surface area contributed by atoms with E-state index in [0.29, 0.717) is 12.2 Å². The van der Waals surface area contributed by atoms with E-state index in [-0.39, 0.29) is 0 Å². The zero-order chi connectivity index (χ0) is 16.5. The van der Waals surface area contributed by atoms with Gasteiger partial charge in [0.05, 0.1) is 12.2 Å². The minimum Gasteiger partial charge on any atom is -0.481 e. The van der Waals surface area contributed by atoms with Crippen LogP contribution in [0.1, 0.15) is 98.8 Å². The molecule has 0 aromatic carbocycles. The number of carbonyl (C=O) groups is 1. The second-order valence-corrected chi connectivity index (χ2v) is 5.76. The topological polar surface area (TPSA) is 46.5 Å². The van der Waals surface area contributed by atoms with Crippen LogP contribution < -0.4 is 0 Å². The summed E-state index contributed by atoms with van der Waals surface area (Å²) in [6.45, 7) is 10.2. The molecule has 0 saturated carbocycles. The van der Waals surface area contributed by atoms with Crippen molar-refractivity contribution in [3.63, 3.8) is 0 Å². The lowest BCUT2D eigenvalue weighted by Crippen LogP contribution is -2.22. The van der Waals surface area contributed by atoms with Crippen LogP contribution >= 0.6 is 0 Å². The summed E-state index contributed by atoms with van der Waals surface area (Å²) in [6, 6.07) is 0. The summed E-state index contributed by atoms with van der Waals surface area (Å²) in [5, 5.41) is 7.42. The van der Waals surface area contributed by atoms with Gasteiger partial charge in [-0.1, -0.05) is 66.2 Å². The average molecular weight is 302 g/mol. The van der Waals surface area contributed by atoms with Crippen LogP contribution in [0.5, 0.6) is 0 Å². The molecule has 0 aromatic heterocycles. The minimum atomic E-state index is -0.833. The van der Waals surface area contributed by atoms with Gasteiger partial charge < -0.3 is 9.84 Å². The first-order chi connectivity index (χ1) is 10.0. The Morgan fingerprint density at radius 1 is 0.810 bits per heavy atom. The maximum atomic E-state index is 9.00. The Morgan fingerprint density at radius 2 is 1.14 bits per heavy atom. The highest BCUT2D eigenvalue weighted by molar-refractivity contribution is 5.62. The summed E-state index contributed by atoms with van der Waals surface area (Å²) in [6.07, 6.45) is 13.8. The third kappa shape index (κ3) is 19.4. The van der Waals surface area contributed by atoms with E-state index in [4.69, 9.17) is 14.6 Å². The van der Waals surface area contributed by atoms with Gasteiger partial charge in [-0.05, 0) is 25.7 Å². The van der Waals surface area contributed by atoms with Crippen molar-refractivity contribution in [3.05, 3.63) is 0 Å². The molecule has 1 N–H and O–H groups in total. The fourth-order valence-corrected chi connectivity index (χ4v) is 2.34. The van der Waals surface area contributed by atoms with E-state index in [1.165, 1.54) is 64.2 Å². The van der Waals surface area contributed by atoms with Gasteiger partial charge in [-0.15, -0.1) is 0 Å². The van der Waals surface area contributed by atoms with Crippen molar-refractivity contribution in [2.45, 2.75) is 111 Å². The summed E-state index contributed by atoms with van der Waals surface area (Å²) >= 11 is 0. The summed E-state index contributed by atoms with van der Waals surface area (Å²) in [4.78, 5) is 9.00. The third-order valence-corrected chi connectivity index (χ3v) is 3.37. The molecule has 0 spiro atoms. The molecule has 0 aliphatic carbocycles. The van der Waals surface area contributed by atoms with E-state index >= 15 is 0 Å². The molecule has 2 atom stereocenters. The molecule has 0 heterocycles. The van der Waals surface area contributed by atoms with Gasteiger partial charge in [0.2, 0.25) is 0 Å². The van der Waals surface area contributed by atoms with Crippen LogP contribution in [0.15, 0.2) is 0 Å². The number of hydrogen-bond acceptors (Lipinski definition) is 2. The fraction of sp³-hybridized carbons (Fsp3) is 0.944. The molecule has 21 heavy (non-hydrogen) atoms. The van der Waals surface area contributed by atoms with Crippen molar-refractivity contribution in [1.29, 1.82) is 0 Å². The molecule has 0 aromatic rings. The lowest BCUT2D eigenvalue weighted by molar-refractivity contribution is -0.134. The molecule has 3 heteroatoms. The molecule has 0 rings (SSSR count). The first kappa shape index (κ1) is 22.7. The van der Waals surface area contributed by atoms with Crippen LogP contribution in [0.4, 0.5) is 0 Å². The number of carboxylic acid groups (broad SMARTS) is 1. The summed E-state index contributed by atoms with van der Waals surface area (Å²) in [7, 11) is 0. The van der Waals surface area contributed by atoms with Crippen LogP contribution in [0.3, 0.4) is 0 Å². The fourth-order valence-electron chi connectivity index (χ4n) is 2.34. The highest BCUT2D eigenvalue weighted by Crippen LogP contribution is 2.19. The number of aliphatic carboxylic acids is 1. The van der Waals surface area contributed by atoms with Crippen molar-refractivity contribution in [2.24, 2.45) is 0 Å². The molecule has 0 radical (unpaired) electrons. The first-order valence-electron chi connectivity index (χ1n) is 8.86. The van der Waals surface area contributed by atoms with Crippen molar-refractivity contribution < 1.29 is 14.6 Å². The van der Waals surface area contributed by atoms with Crippen molar-refractivity contribution in [1.82, 2.24) is 0 Å². The number of hydrogen-bond donors (Lipinski definition) is 1. The van der Waals surface area contributed by atoms with E-state index in [2.05, 4.69) is 27.7 Å². The van der Waals surface area contributed by atoms with Gasteiger partial charge in [-0.2, -0.15) is 0 Å². The largest absolute Gasteiger partial charge is 0.481 e. The number of rotatable bonds is 12. The molecular weight excluding hydrogens is 264 g/mol. The Kier molecular flexibility index (Phi) is 18.9. The van der Waals surface area contributed by atoms with E-state index < -0.39 is 5.97 Å². The van der Waals surface area contributed by atoms with Gasteiger partial charge in [-0.3, -0.25) is 4.79 Å². The zero-order valence-corrected chi connectivity index (χ0v) is 15.0. The van der Waals surface area contributed by atoms with Crippen LogP contribution in [-0.2, 0) is 9.53 Å². The Balaban J connectivity index is 0. The summed E-state index contributed by atoms with van der Waals surface area (Å²) in [5.74, 6) is -0.833. The van der Waals surface area contributed by atoms with Gasteiger partial charge >= 0.3 is 0 Å². The highest BCUT2D eigenvalue weighted by atomic mass is 16.5. The SMILES string of the molecule is CC(=O)O.CCCCC(CCC)OC(CCC)CCCC. The van der Waals surface area contributed by atoms with Crippen LogP contribution in [0.2, 0.25) is 0 Å². The van der Waals surface area contributed by atoms with Gasteiger partial charge in [0.15, 0.2) is 0 Å². The summed E-state index contributed by atoms with van der Waals surface area (Å²) in [5.41, 5.74) is 0. The Labute approximate surface area is 132 Å². The summed E-state index contributed by atoms with van der Waals surface area (Å²) < 4.78 is 6.34. The lowest BCUT2D eigenvalue weighted by Gasteiger charge is -2.24. The van der Waals surface area contributed by atoms with Crippen LogP contribution in [-0.4, -0.2) is 23.3 Å². The Hall–Kier alpha value is -0.570. The van der Waals surface area contributed by atoms with E-state index in [1.807, 2.05) is 0 Å². The van der Waals surface area contributed by atoms with Gasteiger partial charge in [-0.25, -0.2) is 0 Å². The molecule has 0 amide bonds. The van der Waals surface area contributed by atoms with E-state index in [1.54, 1.807) is 0 Å². The Morgan fingerprint density at radius 3 is 1.38 bits per heavy atom. The number of ether oxygens (including phenoxy) is 1. The molecule has 3 nitrogen and oxygen atoms in total. The standard InChI is InChI=1S/C16H34O.C2H4O2/c1-5-9-13-15(11-7-3)17-16(12-8-4)14-10-6-2;1-2(3)4/h15-16H,5-14H2,1-4H3;1H3,(H,3,4). The monoisotopic (exact) mass is 302 g/mol. The van der Waals surface area contributed by atoms with E-state index in [9.17, 15) is 0 Å². The van der Waals surface area contributed by atoms with E-state index in [0.717, 1.165) is 6.92 Å². The van der Waals surface area contributed by atoms with Crippen molar-refractivity contribution in [3.8, 4) is 0 Å². The molecule has 0 aliphatic rings. The smallest absolute Gasteiger partial charge is 0.300 e. The second kappa shape index (κ2) is 17.5. The van der Waals surface area contributed by atoms with Crippen LogP contribution in [0.25, 0.3) is 0 Å². The number of carboxylic acids is 1. The maximum Gasteiger partial charge on any atom is 0.300 e. The number of unbranched alkanes of at least 4 members (excludes halogenated alkanes) is 2. The maximum absolute atomic E-state index is 9.00. The zero-order valence-electron chi connectivity index (χ0n) is 15.0. The molecule has 0 bridgehead atoms. The molecule has 0 saturated heterocycles. The van der Waals surface area contributed by atoms with Crippen molar-refractivity contribution in [2.75, 3.05) is 0 Å². The quantitative estimate of drug-likeness (QED) is 0.494. The van der Waals surface area contributed by atoms with Gasteiger partial charge in [0, 0.05) is 6.92 Å².